The fourth-order valence-electron chi connectivity index (χ4n) is 2.64. The van der Waals surface area contributed by atoms with Crippen LogP contribution in [0.25, 0.3) is 0 Å². The van der Waals surface area contributed by atoms with Gasteiger partial charge < -0.3 is 14.5 Å². The maximum atomic E-state index is 12.5. The van der Waals surface area contributed by atoms with Crippen LogP contribution in [0.4, 0.5) is 0 Å². The maximum Gasteiger partial charge on any atom is 0.272 e. The van der Waals surface area contributed by atoms with E-state index < -0.39 is 6.10 Å². The highest BCUT2D eigenvalue weighted by atomic mass is 16.6. The first kappa shape index (κ1) is 16.4. The van der Waals surface area contributed by atoms with Gasteiger partial charge in [0.2, 0.25) is 17.8 Å². The number of oxime groups is 1. The monoisotopic (exact) mass is 332 g/mol. The number of amides is 2. The summed E-state index contributed by atoms with van der Waals surface area (Å²) in [6.45, 7) is 5.49. The fraction of sp³-hybridized carbons (Fsp3) is 0.500. The van der Waals surface area contributed by atoms with Crippen molar-refractivity contribution in [2.24, 2.45) is 5.16 Å². The number of carbonyl (C=O) groups is 2. The minimum absolute atomic E-state index is 0.0820. The molecule has 1 unspecified atom stereocenters. The third-order valence-corrected chi connectivity index (χ3v) is 4.05. The van der Waals surface area contributed by atoms with E-state index in [0.29, 0.717) is 32.0 Å². The summed E-state index contributed by atoms with van der Waals surface area (Å²) < 4.78 is 5.26. The second kappa shape index (κ2) is 6.96. The zero-order valence-electron chi connectivity index (χ0n) is 13.8. The van der Waals surface area contributed by atoms with E-state index in [1.807, 2.05) is 13.0 Å². The average Bonchev–Trinajstić information content (AvgIpc) is 2.61. The summed E-state index contributed by atoms with van der Waals surface area (Å²) in [5.74, 6) is -0.161. The Kier molecular flexibility index (Phi) is 4.75. The summed E-state index contributed by atoms with van der Waals surface area (Å²) in [5.41, 5.74) is 1.39. The van der Waals surface area contributed by atoms with Gasteiger partial charge >= 0.3 is 0 Å². The summed E-state index contributed by atoms with van der Waals surface area (Å²) in [7, 11) is 0. The van der Waals surface area contributed by atoms with Crippen LogP contribution in [0.3, 0.4) is 0 Å². The van der Waals surface area contributed by atoms with Gasteiger partial charge in [0.15, 0.2) is 0 Å². The van der Waals surface area contributed by atoms with Gasteiger partial charge in [-0.25, -0.2) is 0 Å². The second-order valence-electron chi connectivity index (χ2n) is 5.75. The molecule has 2 amide bonds. The number of morpholine rings is 1. The van der Waals surface area contributed by atoms with Crippen molar-refractivity contribution in [3.63, 3.8) is 0 Å². The number of aryl methyl sites for hydroxylation is 1. The summed E-state index contributed by atoms with van der Waals surface area (Å²) in [6.07, 6.45) is 0.894. The number of hydrogen-bond donors (Lipinski definition) is 0. The highest BCUT2D eigenvalue weighted by Crippen LogP contribution is 2.16. The molecule has 2 aliphatic rings. The van der Waals surface area contributed by atoms with E-state index in [-0.39, 0.29) is 24.2 Å². The number of rotatable bonds is 3. The molecule has 3 rings (SSSR count). The van der Waals surface area contributed by atoms with Gasteiger partial charge in [-0.1, -0.05) is 11.2 Å². The van der Waals surface area contributed by atoms with Crippen LogP contribution in [0.2, 0.25) is 0 Å². The summed E-state index contributed by atoms with van der Waals surface area (Å²) in [6, 6.07) is 3.67. The number of amidine groups is 1. The van der Waals surface area contributed by atoms with Crippen LogP contribution >= 0.6 is 0 Å². The first-order valence-electron chi connectivity index (χ1n) is 7.90. The Labute approximate surface area is 140 Å². The molecular weight excluding hydrogens is 312 g/mol. The molecule has 0 radical (unpaired) electrons. The number of pyridine rings is 1. The lowest BCUT2D eigenvalue weighted by Gasteiger charge is -2.32. The van der Waals surface area contributed by atoms with E-state index >= 15 is 0 Å². The number of aromatic nitrogens is 1. The molecule has 8 nitrogen and oxygen atoms in total. The van der Waals surface area contributed by atoms with Crippen molar-refractivity contribution in [1.82, 2.24) is 14.8 Å². The highest BCUT2D eigenvalue weighted by Gasteiger charge is 2.35. The number of nitrogens with zero attached hydrogens (tertiary/aromatic N) is 4. The largest absolute Gasteiger partial charge is 0.381 e. The molecule has 24 heavy (non-hydrogen) atoms. The minimum atomic E-state index is -0.727. The lowest BCUT2D eigenvalue weighted by molar-refractivity contribution is -0.147. The van der Waals surface area contributed by atoms with Crippen LogP contribution in [0.15, 0.2) is 23.5 Å². The molecule has 8 heteroatoms. The molecule has 3 heterocycles. The van der Waals surface area contributed by atoms with E-state index in [9.17, 15) is 9.59 Å². The Morgan fingerprint density at radius 1 is 1.38 bits per heavy atom. The van der Waals surface area contributed by atoms with E-state index in [2.05, 4.69) is 10.1 Å². The minimum Gasteiger partial charge on any atom is -0.381 e. The predicted molar refractivity (Wildman–Crippen MR) is 85.2 cm³/mol. The van der Waals surface area contributed by atoms with E-state index in [4.69, 9.17) is 9.57 Å². The summed E-state index contributed by atoms with van der Waals surface area (Å²) in [5, 5.41) is 4.04. The van der Waals surface area contributed by atoms with Crippen LogP contribution < -0.4 is 0 Å². The maximum absolute atomic E-state index is 12.5. The number of carbonyl (C=O) groups excluding carboxylic acids is 2. The molecule has 128 valence electrons. The van der Waals surface area contributed by atoms with Crippen LogP contribution in [-0.2, 0) is 19.2 Å². The molecule has 1 aromatic heterocycles. The molecule has 2 aliphatic heterocycles. The van der Waals surface area contributed by atoms with Crippen molar-refractivity contribution in [3.8, 4) is 0 Å². The third kappa shape index (κ3) is 3.23. The zero-order valence-corrected chi connectivity index (χ0v) is 13.8. The lowest BCUT2D eigenvalue weighted by atomic mass is 10.1. The molecule has 0 aromatic carbocycles. The van der Waals surface area contributed by atoms with Gasteiger partial charge in [0.25, 0.3) is 5.91 Å². The number of ether oxygens (including phenoxy) is 1. The van der Waals surface area contributed by atoms with Crippen molar-refractivity contribution in [2.45, 2.75) is 20.0 Å². The first-order chi connectivity index (χ1) is 11.6. The zero-order chi connectivity index (χ0) is 17.1. The van der Waals surface area contributed by atoms with E-state index in [1.165, 1.54) is 4.90 Å². The molecule has 0 bridgehead atoms. The van der Waals surface area contributed by atoms with Gasteiger partial charge in [-0.05, 0) is 25.5 Å². The van der Waals surface area contributed by atoms with Gasteiger partial charge in [0.05, 0.1) is 13.2 Å². The normalized spacial score (nSPS) is 21.3. The average molecular weight is 332 g/mol. The third-order valence-electron chi connectivity index (χ3n) is 4.05. The van der Waals surface area contributed by atoms with Gasteiger partial charge in [-0.15, -0.1) is 0 Å². The molecule has 0 N–H and O–H groups in total. The predicted octanol–water partition coefficient (Wildman–Crippen LogP) is 0.158. The van der Waals surface area contributed by atoms with Crippen LogP contribution in [0.1, 0.15) is 18.2 Å². The Morgan fingerprint density at radius 2 is 2.12 bits per heavy atom. The van der Waals surface area contributed by atoms with Crippen LogP contribution in [0, 0.1) is 6.92 Å². The summed E-state index contributed by atoms with van der Waals surface area (Å²) in [4.78, 5) is 37.6. The van der Waals surface area contributed by atoms with E-state index in [1.54, 1.807) is 24.1 Å². The van der Waals surface area contributed by atoms with Crippen LogP contribution in [0.5, 0.6) is 0 Å². The van der Waals surface area contributed by atoms with Crippen molar-refractivity contribution in [2.75, 3.05) is 32.8 Å². The quantitative estimate of drug-likeness (QED) is 0.787. The smallest absolute Gasteiger partial charge is 0.272 e. The molecule has 1 atom stereocenters. The first-order valence-corrected chi connectivity index (χ1v) is 7.90. The standard InChI is InChI=1S/C16H20N4O4/c1-11-4-3-5-17-14(11)15-18-24-12(2)16(22)20(15)10-13(21)19-6-8-23-9-7-19/h3-5,12H,6-10H2,1-2H3. The van der Waals surface area contributed by atoms with E-state index in [0.717, 1.165) is 5.56 Å². The Hall–Kier alpha value is -2.48. The SMILES string of the molecule is Cc1cccnc1C1=NOC(C)C(=O)N1CC(=O)N1CCOCC1. The van der Waals surface area contributed by atoms with Crippen molar-refractivity contribution >= 4 is 17.6 Å². The molecule has 0 aliphatic carbocycles. The molecule has 1 fully saturated rings. The van der Waals surface area contributed by atoms with Crippen LogP contribution in [-0.4, -0.2) is 71.4 Å². The topological polar surface area (TPSA) is 84.3 Å². The molecule has 1 aromatic rings. The molecular formula is C16H20N4O4. The molecule has 0 saturated carbocycles. The van der Waals surface area contributed by atoms with Crippen molar-refractivity contribution in [1.29, 1.82) is 0 Å². The highest BCUT2D eigenvalue weighted by molar-refractivity contribution is 6.11. The van der Waals surface area contributed by atoms with Gasteiger partial charge in [0, 0.05) is 19.3 Å². The molecule has 1 saturated heterocycles. The van der Waals surface area contributed by atoms with Gasteiger partial charge in [0.1, 0.15) is 12.2 Å². The second-order valence-corrected chi connectivity index (χ2v) is 5.75. The van der Waals surface area contributed by atoms with Gasteiger partial charge in [-0.3, -0.25) is 19.5 Å². The molecule has 0 spiro atoms. The Morgan fingerprint density at radius 3 is 2.83 bits per heavy atom. The number of hydrogen-bond acceptors (Lipinski definition) is 6. The Balaban J connectivity index is 1.85. The fourth-order valence-corrected chi connectivity index (χ4v) is 2.64. The summed E-state index contributed by atoms with van der Waals surface area (Å²) >= 11 is 0. The van der Waals surface area contributed by atoms with Gasteiger partial charge in [-0.2, -0.15) is 0 Å². The Bertz CT molecular complexity index is 670. The van der Waals surface area contributed by atoms with Crippen molar-refractivity contribution in [3.05, 3.63) is 29.6 Å². The van der Waals surface area contributed by atoms with Crippen molar-refractivity contribution < 1.29 is 19.2 Å². The lowest BCUT2D eigenvalue weighted by Crippen LogP contribution is -2.53.